The van der Waals surface area contributed by atoms with Gasteiger partial charge in [-0.3, -0.25) is 9.36 Å². The van der Waals surface area contributed by atoms with Gasteiger partial charge in [-0.05, 0) is 23.6 Å². The van der Waals surface area contributed by atoms with E-state index in [0.29, 0.717) is 37.2 Å². The number of nitrogens with zero attached hydrogens (tertiary/aromatic N) is 5. The van der Waals surface area contributed by atoms with Crippen LogP contribution in [0.1, 0.15) is 31.0 Å². The molecule has 0 spiro atoms. The largest absolute Gasteiger partial charge is 0.454 e. The van der Waals surface area contributed by atoms with Crippen molar-refractivity contribution in [3.63, 3.8) is 0 Å². The molecule has 4 heterocycles. The monoisotopic (exact) mass is 450 g/mol. The summed E-state index contributed by atoms with van der Waals surface area (Å²) < 4.78 is 18.2. The first-order valence-electron chi connectivity index (χ1n) is 11.0. The van der Waals surface area contributed by atoms with Gasteiger partial charge in [0.2, 0.25) is 18.6 Å². The van der Waals surface area contributed by atoms with Crippen molar-refractivity contribution in [2.75, 3.05) is 31.5 Å². The molecule has 33 heavy (non-hydrogen) atoms. The quantitative estimate of drug-likeness (QED) is 0.609. The molecule has 10 nitrogen and oxygen atoms in total. The van der Waals surface area contributed by atoms with E-state index in [2.05, 4.69) is 29.1 Å². The molecule has 0 saturated carbocycles. The van der Waals surface area contributed by atoms with Crippen molar-refractivity contribution >= 4 is 11.7 Å². The molecule has 1 atom stereocenters. The lowest BCUT2D eigenvalue weighted by molar-refractivity contribution is -0.124. The minimum Gasteiger partial charge on any atom is -0.454 e. The van der Waals surface area contributed by atoms with Crippen molar-refractivity contribution in [1.82, 2.24) is 24.8 Å². The molecule has 1 saturated heterocycles. The number of nitrogens with one attached hydrogen (secondary N) is 1. The highest BCUT2D eigenvalue weighted by Crippen LogP contribution is 2.32. The summed E-state index contributed by atoms with van der Waals surface area (Å²) in [5, 5.41) is 3.02. The molecule has 2 aliphatic rings. The Balaban J connectivity index is 1.36. The summed E-state index contributed by atoms with van der Waals surface area (Å²) in [7, 11) is 0. The van der Waals surface area contributed by atoms with Gasteiger partial charge in [-0.1, -0.05) is 19.9 Å². The summed E-state index contributed by atoms with van der Waals surface area (Å²) in [5.74, 6) is 2.71. The molecular weight excluding hydrogens is 424 g/mol. The number of anilines is 1. The highest BCUT2D eigenvalue weighted by molar-refractivity contribution is 5.85. The average Bonchev–Trinajstić information content (AvgIpc) is 3.54. The minimum atomic E-state index is -0.502. The van der Waals surface area contributed by atoms with Gasteiger partial charge >= 0.3 is 0 Å². The van der Waals surface area contributed by atoms with E-state index in [0.717, 1.165) is 17.0 Å². The third-order valence-corrected chi connectivity index (χ3v) is 5.68. The smallest absolute Gasteiger partial charge is 0.245 e. The lowest BCUT2D eigenvalue weighted by Crippen LogP contribution is -2.54. The number of carbonyl (C=O) groups is 1. The number of amides is 1. The molecule has 0 aliphatic carbocycles. The molecule has 5 rings (SSSR count). The normalized spacial score (nSPS) is 17.4. The fourth-order valence-corrected chi connectivity index (χ4v) is 3.83. The number of aromatic nitrogens is 4. The Hall–Kier alpha value is -3.66. The second kappa shape index (κ2) is 9.07. The molecule has 0 radical (unpaired) electrons. The molecule has 1 N–H and O–H groups in total. The Morgan fingerprint density at radius 2 is 2.09 bits per heavy atom. The van der Waals surface area contributed by atoms with E-state index in [1.54, 1.807) is 23.3 Å². The molecule has 2 aromatic heterocycles. The van der Waals surface area contributed by atoms with Crippen molar-refractivity contribution < 1.29 is 19.0 Å². The first-order valence-corrected chi connectivity index (χ1v) is 11.0. The number of imidazole rings is 1. The summed E-state index contributed by atoms with van der Waals surface area (Å²) in [4.78, 5) is 28.7. The lowest BCUT2D eigenvalue weighted by atomic mass is 10.1. The molecular formula is C23H26N6O4. The van der Waals surface area contributed by atoms with Crippen molar-refractivity contribution in [2.45, 2.75) is 32.4 Å². The van der Waals surface area contributed by atoms with Crippen molar-refractivity contribution in [1.29, 1.82) is 0 Å². The number of rotatable bonds is 6. The Bertz CT molecular complexity index is 1130. The van der Waals surface area contributed by atoms with Crippen LogP contribution in [0, 0.1) is 0 Å². The number of hydrogen-bond donors (Lipinski definition) is 1. The first-order chi connectivity index (χ1) is 16.1. The average molecular weight is 450 g/mol. The minimum absolute atomic E-state index is 0.124. The van der Waals surface area contributed by atoms with Gasteiger partial charge in [0.05, 0.1) is 18.9 Å². The second-order valence-corrected chi connectivity index (χ2v) is 8.27. The van der Waals surface area contributed by atoms with Crippen LogP contribution < -0.4 is 19.7 Å². The fraction of sp³-hybridized carbons (Fsp3) is 0.391. The molecule has 0 bridgehead atoms. The summed E-state index contributed by atoms with van der Waals surface area (Å²) in [6, 6.07) is 7.10. The Labute approximate surface area is 191 Å². The van der Waals surface area contributed by atoms with Crippen molar-refractivity contribution in [3.8, 4) is 17.4 Å². The Morgan fingerprint density at radius 1 is 1.21 bits per heavy atom. The van der Waals surface area contributed by atoms with Gasteiger partial charge < -0.3 is 24.4 Å². The number of fused-ring (bicyclic) bond motifs is 1. The van der Waals surface area contributed by atoms with Crippen LogP contribution in [0.25, 0.3) is 5.95 Å². The maximum atomic E-state index is 13.2. The van der Waals surface area contributed by atoms with E-state index in [1.807, 2.05) is 29.2 Å². The molecule has 2 aliphatic heterocycles. The highest BCUT2D eigenvalue weighted by atomic mass is 16.7. The van der Waals surface area contributed by atoms with Crippen LogP contribution in [0.4, 0.5) is 5.82 Å². The third-order valence-electron chi connectivity index (χ3n) is 5.68. The molecule has 10 heteroatoms. The first kappa shape index (κ1) is 21.2. The standard InChI is InChI=1S/C23H26N6O4/c1-15(2)17-10-21(27-23(26-17)28-6-5-24-13-28)29-7-8-31-12-18(29)22(30)25-11-16-3-4-19-20(9-16)33-14-32-19/h3-6,9-10,13,15,18H,7-8,11-12,14H2,1-2H3,(H,25,30). The summed E-state index contributed by atoms with van der Waals surface area (Å²) >= 11 is 0. The van der Waals surface area contributed by atoms with E-state index in [1.165, 1.54) is 0 Å². The van der Waals surface area contributed by atoms with Crippen molar-refractivity contribution in [3.05, 3.63) is 54.2 Å². The number of hydrogen-bond acceptors (Lipinski definition) is 8. The zero-order valence-corrected chi connectivity index (χ0v) is 18.6. The summed E-state index contributed by atoms with van der Waals surface area (Å²) in [5.41, 5.74) is 1.83. The molecule has 3 aromatic rings. The number of carbonyl (C=O) groups excluding carboxylic acids is 1. The molecule has 1 fully saturated rings. The van der Waals surface area contributed by atoms with Crippen LogP contribution in [-0.2, 0) is 16.1 Å². The van der Waals surface area contributed by atoms with Crippen molar-refractivity contribution in [2.24, 2.45) is 0 Å². The van der Waals surface area contributed by atoms with Crippen LogP contribution in [0.5, 0.6) is 11.5 Å². The maximum absolute atomic E-state index is 13.2. The van der Waals surface area contributed by atoms with Gasteiger partial charge in [0.1, 0.15) is 18.2 Å². The molecule has 172 valence electrons. The summed E-state index contributed by atoms with van der Waals surface area (Å²) in [6.07, 6.45) is 5.16. The number of ether oxygens (including phenoxy) is 3. The van der Waals surface area contributed by atoms with Crippen LogP contribution in [0.2, 0.25) is 0 Å². The van der Waals surface area contributed by atoms with E-state index in [4.69, 9.17) is 19.2 Å². The lowest BCUT2D eigenvalue weighted by Gasteiger charge is -2.35. The van der Waals surface area contributed by atoms with Crippen LogP contribution in [-0.4, -0.2) is 58.0 Å². The topological polar surface area (TPSA) is 104 Å². The highest BCUT2D eigenvalue weighted by Gasteiger charge is 2.31. The second-order valence-electron chi connectivity index (χ2n) is 8.27. The predicted molar refractivity (Wildman–Crippen MR) is 120 cm³/mol. The summed E-state index contributed by atoms with van der Waals surface area (Å²) in [6.45, 7) is 6.12. The SMILES string of the molecule is CC(C)c1cc(N2CCOCC2C(=O)NCc2ccc3c(c2)OCO3)nc(-n2ccnc2)n1. The Morgan fingerprint density at radius 3 is 2.91 bits per heavy atom. The number of benzene rings is 1. The third kappa shape index (κ3) is 4.47. The predicted octanol–water partition coefficient (Wildman–Crippen LogP) is 2.04. The molecule has 1 amide bonds. The zero-order valence-electron chi connectivity index (χ0n) is 18.6. The van der Waals surface area contributed by atoms with Gasteiger partial charge in [-0.15, -0.1) is 0 Å². The van der Waals surface area contributed by atoms with Gasteiger partial charge in [0, 0.05) is 31.5 Å². The van der Waals surface area contributed by atoms with Gasteiger partial charge in [0.25, 0.3) is 0 Å². The maximum Gasteiger partial charge on any atom is 0.245 e. The van der Waals surface area contributed by atoms with E-state index >= 15 is 0 Å². The number of morpholine rings is 1. The zero-order chi connectivity index (χ0) is 22.8. The van der Waals surface area contributed by atoms with Gasteiger partial charge in [-0.2, -0.15) is 4.98 Å². The van der Waals surface area contributed by atoms with E-state index < -0.39 is 6.04 Å². The van der Waals surface area contributed by atoms with Crippen LogP contribution >= 0.6 is 0 Å². The van der Waals surface area contributed by atoms with Gasteiger partial charge in [0.15, 0.2) is 11.5 Å². The fourth-order valence-electron chi connectivity index (χ4n) is 3.83. The molecule has 1 unspecified atom stereocenters. The molecule has 1 aromatic carbocycles. The van der Waals surface area contributed by atoms with Gasteiger partial charge in [-0.25, -0.2) is 9.97 Å². The van der Waals surface area contributed by atoms with Crippen LogP contribution in [0.15, 0.2) is 43.0 Å². The Kier molecular flexibility index (Phi) is 5.82. The van der Waals surface area contributed by atoms with E-state index in [-0.39, 0.29) is 25.2 Å². The van der Waals surface area contributed by atoms with E-state index in [9.17, 15) is 4.79 Å². The van der Waals surface area contributed by atoms with Crippen LogP contribution in [0.3, 0.4) is 0 Å².